The molecule has 180 valence electrons. The van der Waals surface area contributed by atoms with Crippen LogP contribution < -0.4 is 4.74 Å². The Labute approximate surface area is 200 Å². The minimum Gasteiger partial charge on any atom is -0.507 e. The van der Waals surface area contributed by atoms with Gasteiger partial charge in [0.1, 0.15) is 11.5 Å². The number of hydrogen-bond acceptors (Lipinski definition) is 6. The van der Waals surface area contributed by atoms with Gasteiger partial charge in [0.05, 0.1) is 31.9 Å². The molecule has 2 aliphatic rings. The van der Waals surface area contributed by atoms with Gasteiger partial charge in [0.15, 0.2) is 0 Å². The van der Waals surface area contributed by atoms with Crippen molar-refractivity contribution >= 4 is 17.4 Å². The zero-order chi connectivity index (χ0) is 24.1. The van der Waals surface area contributed by atoms with Crippen LogP contribution in [0.15, 0.2) is 54.1 Å². The number of carbonyl (C=O) groups is 2. The molecule has 0 unspecified atom stereocenters. The number of rotatable bonds is 8. The Morgan fingerprint density at radius 1 is 1.03 bits per heavy atom. The average Bonchev–Trinajstić information content (AvgIpc) is 3.14. The van der Waals surface area contributed by atoms with Gasteiger partial charge >= 0.3 is 0 Å². The summed E-state index contributed by atoms with van der Waals surface area (Å²) in [6.45, 7) is 6.52. The Morgan fingerprint density at radius 2 is 1.71 bits per heavy atom. The van der Waals surface area contributed by atoms with Crippen LogP contribution in [-0.2, 0) is 20.7 Å². The van der Waals surface area contributed by atoms with E-state index in [9.17, 15) is 14.7 Å². The van der Waals surface area contributed by atoms with Crippen LogP contribution in [0, 0.1) is 0 Å². The highest BCUT2D eigenvalue weighted by molar-refractivity contribution is 6.46. The lowest BCUT2D eigenvalue weighted by Crippen LogP contribution is -2.38. The van der Waals surface area contributed by atoms with E-state index in [2.05, 4.69) is 11.8 Å². The molecule has 2 aliphatic heterocycles. The molecule has 2 aromatic carbocycles. The minimum atomic E-state index is -0.649. The van der Waals surface area contributed by atoms with Gasteiger partial charge in [0.2, 0.25) is 0 Å². The normalized spacial score (nSPS) is 20.6. The second kappa shape index (κ2) is 10.8. The van der Waals surface area contributed by atoms with Crippen molar-refractivity contribution in [2.45, 2.75) is 25.8 Å². The van der Waals surface area contributed by atoms with Crippen LogP contribution in [-0.4, -0.2) is 73.1 Å². The third-order valence-corrected chi connectivity index (χ3v) is 6.58. The van der Waals surface area contributed by atoms with E-state index in [1.807, 2.05) is 24.3 Å². The summed E-state index contributed by atoms with van der Waals surface area (Å²) in [7, 11) is 1.57. The first-order valence-electron chi connectivity index (χ1n) is 11.8. The van der Waals surface area contributed by atoms with E-state index in [-0.39, 0.29) is 11.3 Å². The fraction of sp³-hybridized carbons (Fsp3) is 0.407. The van der Waals surface area contributed by atoms with Gasteiger partial charge < -0.3 is 19.5 Å². The first-order chi connectivity index (χ1) is 16.5. The lowest BCUT2D eigenvalue weighted by atomic mass is 9.94. The number of carbonyl (C=O) groups excluding carboxylic acids is 2. The third kappa shape index (κ3) is 5.00. The Bertz CT molecular complexity index is 1040. The summed E-state index contributed by atoms with van der Waals surface area (Å²) >= 11 is 0. The zero-order valence-electron chi connectivity index (χ0n) is 19.8. The van der Waals surface area contributed by atoms with Crippen LogP contribution in [0.1, 0.15) is 36.1 Å². The van der Waals surface area contributed by atoms with Gasteiger partial charge in [-0.3, -0.25) is 14.5 Å². The standard InChI is InChI=1S/C27H32N2O5/c1-3-19-5-7-20(8-6-19)24-23(25(30)21-9-11-22(33-2)12-10-21)26(31)27(32)29(24)14-4-13-28-15-17-34-18-16-28/h5-12,24,30H,3-4,13-18H2,1-2H3/b25-23+/t24-/m1/s1. The van der Waals surface area contributed by atoms with Crippen LogP contribution in [0.5, 0.6) is 5.75 Å². The molecule has 1 N–H and O–H groups in total. The number of aliphatic hydroxyl groups is 1. The molecule has 7 heteroatoms. The number of aliphatic hydroxyl groups excluding tert-OH is 1. The summed E-state index contributed by atoms with van der Waals surface area (Å²) in [6.07, 6.45) is 1.63. The molecule has 2 saturated heterocycles. The van der Waals surface area contributed by atoms with E-state index in [0.717, 1.165) is 51.3 Å². The highest BCUT2D eigenvalue weighted by atomic mass is 16.5. The van der Waals surface area contributed by atoms with Gasteiger partial charge in [0.25, 0.3) is 11.7 Å². The predicted octanol–water partition coefficient (Wildman–Crippen LogP) is 3.40. The molecule has 7 nitrogen and oxygen atoms in total. The topological polar surface area (TPSA) is 79.3 Å². The molecule has 34 heavy (non-hydrogen) atoms. The summed E-state index contributed by atoms with van der Waals surface area (Å²) in [5.74, 6) is -0.737. The van der Waals surface area contributed by atoms with Gasteiger partial charge in [-0.05, 0) is 48.2 Å². The molecular weight excluding hydrogens is 432 g/mol. The maximum absolute atomic E-state index is 13.2. The molecule has 2 fully saturated rings. The molecule has 0 spiro atoms. The van der Waals surface area contributed by atoms with E-state index < -0.39 is 17.7 Å². The maximum atomic E-state index is 13.2. The molecule has 0 saturated carbocycles. The van der Waals surface area contributed by atoms with E-state index in [1.54, 1.807) is 36.3 Å². The lowest BCUT2D eigenvalue weighted by Gasteiger charge is -2.29. The quantitative estimate of drug-likeness (QED) is 0.367. The number of aryl methyl sites for hydroxylation is 1. The fourth-order valence-electron chi connectivity index (χ4n) is 4.59. The summed E-state index contributed by atoms with van der Waals surface area (Å²) in [4.78, 5) is 30.2. The second-order valence-corrected chi connectivity index (χ2v) is 8.62. The number of ketones is 1. The van der Waals surface area contributed by atoms with Gasteiger partial charge in [-0.25, -0.2) is 0 Å². The Hall–Kier alpha value is -3.16. The van der Waals surface area contributed by atoms with Crippen LogP contribution in [0.25, 0.3) is 5.76 Å². The van der Waals surface area contributed by atoms with E-state index in [0.29, 0.717) is 17.9 Å². The highest BCUT2D eigenvalue weighted by Gasteiger charge is 2.45. The number of benzene rings is 2. The second-order valence-electron chi connectivity index (χ2n) is 8.62. The Kier molecular flexibility index (Phi) is 7.65. The van der Waals surface area contributed by atoms with Gasteiger partial charge in [-0.1, -0.05) is 31.2 Å². The molecule has 0 aromatic heterocycles. The smallest absolute Gasteiger partial charge is 0.295 e. The number of morpholine rings is 1. The van der Waals surface area contributed by atoms with Crippen molar-refractivity contribution in [3.05, 3.63) is 70.8 Å². The maximum Gasteiger partial charge on any atom is 0.295 e. The summed E-state index contributed by atoms with van der Waals surface area (Å²) in [5, 5.41) is 11.2. The number of likely N-dealkylation sites (tertiary alicyclic amines) is 1. The predicted molar refractivity (Wildman–Crippen MR) is 130 cm³/mol. The van der Waals surface area contributed by atoms with Crippen LogP contribution in [0.2, 0.25) is 0 Å². The average molecular weight is 465 g/mol. The Balaban J connectivity index is 1.66. The van der Waals surface area contributed by atoms with Gasteiger partial charge in [0, 0.05) is 31.7 Å². The number of Topliss-reactive ketones (excluding diaryl/α,β-unsaturated/α-hetero) is 1. The molecule has 1 atom stereocenters. The van der Waals surface area contributed by atoms with Crippen molar-refractivity contribution < 1.29 is 24.2 Å². The van der Waals surface area contributed by atoms with E-state index >= 15 is 0 Å². The molecule has 0 radical (unpaired) electrons. The highest BCUT2D eigenvalue weighted by Crippen LogP contribution is 2.39. The molecule has 4 rings (SSSR count). The third-order valence-electron chi connectivity index (χ3n) is 6.58. The molecule has 2 heterocycles. The molecular formula is C27H32N2O5. The number of methoxy groups -OCH3 is 1. The van der Waals surface area contributed by atoms with Crippen molar-refractivity contribution in [2.75, 3.05) is 46.5 Å². The van der Waals surface area contributed by atoms with E-state index in [4.69, 9.17) is 9.47 Å². The SMILES string of the molecule is CCc1ccc([C@@H]2/C(=C(\O)c3ccc(OC)cc3)C(=O)C(=O)N2CCCN2CCOCC2)cc1. The van der Waals surface area contributed by atoms with Crippen molar-refractivity contribution in [3.63, 3.8) is 0 Å². The minimum absolute atomic E-state index is 0.130. The monoisotopic (exact) mass is 464 g/mol. The number of nitrogens with zero attached hydrogens (tertiary/aromatic N) is 2. The van der Waals surface area contributed by atoms with Crippen LogP contribution in [0.3, 0.4) is 0 Å². The van der Waals surface area contributed by atoms with Crippen LogP contribution >= 0.6 is 0 Å². The summed E-state index contributed by atoms with van der Waals surface area (Å²) in [5.41, 5.74) is 2.59. The molecule has 0 aliphatic carbocycles. The van der Waals surface area contributed by atoms with Crippen molar-refractivity contribution in [1.82, 2.24) is 9.80 Å². The molecule has 0 bridgehead atoms. The van der Waals surface area contributed by atoms with Gasteiger partial charge in [-0.15, -0.1) is 0 Å². The van der Waals surface area contributed by atoms with Gasteiger partial charge in [-0.2, -0.15) is 0 Å². The van der Waals surface area contributed by atoms with Crippen molar-refractivity contribution in [3.8, 4) is 5.75 Å². The first-order valence-corrected chi connectivity index (χ1v) is 11.8. The fourth-order valence-corrected chi connectivity index (χ4v) is 4.59. The summed E-state index contributed by atoms with van der Waals surface area (Å²) < 4.78 is 10.6. The number of ether oxygens (including phenoxy) is 2. The lowest BCUT2D eigenvalue weighted by molar-refractivity contribution is -0.140. The first kappa shape index (κ1) is 24.0. The van der Waals surface area contributed by atoms with Crippen molar-refractivity contribution in [1.29, 1.82) is 0 Å². The summed E-state index contributed by atoms with van der Waals surface area (Å²) in [6, 6.07) is 14.1. The van der Waals surface area contributed by atoms with E-state index in [1.165, 1.54) is 5.56 Å². The van der Waals surface area contributed by atoms with Crippen LogP contribution in [0.4, 0.5) is 0 Å². The Morgan fingerprint density at radius 3 is 2.32 bits per heavy atom. The number of hydrogen-bond donors (Lipinski definition) is 1. The zero-order valence-corrected chi connectivity index (χ0v) is 19.8. The largest absolute Gasteiger partial charge is 0.507 e. The molecule has 2 aromatic rings. The number of amides is 1. The molecule has 1 amide bonds. The van der Waals surface area contributed by atoms with Crippen molar-refractivity contribution in [2.24, 2.45) is 0 Å².